The number of rotatable bonds is 2. The number of hydrogen-bond donors (Lipinski definition) is 3. The Hall–Kier alpha value is -2.24. The van der Waals surface area contributed by atoms with E-state index >= 15 is 0 Å². The molecule has 2 rings (SSSR count). The molecule has 1 amide bonds. The van der Waals surface area contributed by atoms with Gasteiger partial charge in [0.15, 0.2) is 0 Å². The number of benzene rings is 1. The zero-order chi connectivity index (χ0) is 13.3. The van der Waals surface area contributed by atoms with Crippen molar-refractivity contribution in [3.05, 3.63) is 23.8 Å². The third-order valence-electron chi connectivity index (χ3n) is 3.12. The number of nitrogens with one attached hydrogen (secondary N) is 1. The Morgan fingerprint density at radius 3 is 2.94 bits per heavy atom. The maximum atomic E-state index is 11.6. The fourth-order valence-corrected chi connectivity index (χ4v) is 2.10. The maximum absolute atomic E-state index is 11.6. The number of carbonyl (C=O) groups is 2. The van der Waals surface area contributed by atoms with Crippen LogP contribution >= 0.6 is 0 Å². The fourth-order valence-electron chi connectivity index (χ4n) is 2.10. The predicted octanol–water partition coefficient (Wildman–Crippen LogP) is 0.292. The van der Waals surface area contributed by atoms with Gasteiger partial charge in [-0.05, 0) is 19.1 Å². The monoisotopic (exact) mass is 249 g/mol. The Bertz CT molecular complexity index is 501. The average Bonchev–Trinajstić information content (AvgIpc) is 2.33. The van der Waals surface area contributed by atoms with Crippen LogP contribution in [0.15, 0.2) is 18.2 Å². The van der Waals surface area contributed by atoms with Crippen LogP contribution in [0.5, 0.6) is 0 Å². The number of nitrogen functional groups attached to an aromatic ring is 1. The van der Waals surface area contributed by atoms with Gasteiger partial charge in [-0.2, -0.15) is 0 Å². The molecule has 1 fully saturated rings. The van der Waals surface area contributed by atoms with Gasteiger partial charge in [0.2, 0.25) is 5.91 Å². The van der Waals surface area contributed by atoms with Crippen LogP contribution in [0, 0.1) is 0 Å². The third kappa shape index (κ3) is 1.97. The highest BCUT2D eigenvalue weighted by Gasteiger charge is 2.27. The van der Waals surface area contributed by atoms with Crippen molar-refractivity contribution in [2.75, 3.05) is 23.7 Å². The Morgan fingerprint density at radius 2 is 2.28 bits per heavy atom. The number of hydrogen-bond acceptors (Lipinski definition) is 4. The van der Waals surface area contributed by atoms with E-state index in [0.29, 0.717) is 18.8 Å². The summed E-state index contributed by atoms with van der Waals surface area (Å²) >= 11 is 0. The van der Waals surface area contributed by atoms with Gasteiger partial charge in [-0.25, -0.2) is 4.79 Å². The zero-order valence-electron chi connectivity index (χ0n) is 10.0. The van der Waals surface area contributed by atoms with E-state index in [1.807, 2.05) is 4.90 Å². The molecule has 1 aliphatic heterocycles. The Kier molecular flexibility index (Phi) is 3.10. The number of amides is 1. The summed E-state index contributed by atoms with van der Waals surface area (Å²) in [6.45, 7) is 2.90. The molecule has 6 nitrogen and oxygen atoms in total. The number of aromatic carboxylic acids is 1. The molecule has 4 N–H and O–H groups in total. The lowest BCUT2D eigenvalue weighted by molar-refractivity contribution is -0.122. The second-order valence-corrected chi connectivity index (χ2v) is 4.20. The minimum atomic E-state index is -1.07. The lowest BCUT2D eigenvalue weighted by atomic mass is 10.1. The normalized spacial score (nSPS) is 19.5. The van der Waals surface area contributed by atoms with Crippen molar-refractivity contribution < 1.29 is 14.7 Å². The molecule has 1 aromatic rings. The third-order valence-corrected chi connectivity index (χ3v) is 3.12. The van der Waals surface area contributed by atoms with E-state index in [1.54, 1.807) is 19.1 Å². The maximum Gasteiger partial charge on any atom is 0.337 e. The fraction of sp³-hybridized carbons (Fsp3) is 0.333. The number of carbonyl (C=O) groups excluding carboxylic acids is 1. The van der Waals surface area contributed by atoms with Crippen LogP contribution in [0.2, 0.25) is 0 Å². The Morgan fingerprint density at radius 1 is 1.56 bits per heavy atom. The molecule has 1 heterocycles. The molecule has 96 valence electrons. The summed E-state index contributed by atoms with van der Waals surface area (Å²) in [5, 5.41) is 11.8. The van der Waals surface area contributed by atoms with Crippen molar-refractivity contribution in [2.24, 2.45) is 0 Å². The minimum absolute atomic E-state index is 0.0608. The molecule has 1 unspecified atom stereocenters. The van der Waals surface area contributed by atoms with E-state index in [0.717, 1.165) is 0 Å². The van der Waals surface area contributed by atoms with E-state index in [2.05, 4.69) is 5.32 Å². The Labute approximate surface area is 104 Å². The number of nitrogens with two attached hydrogens (primary N) is 1. The van der Waals surface area contributed by atoms with Gasteiger partial charge in [0.05, 0.1) is 16.9 Å². The summed E-state index contributed by atoms with van der Waals surface area (Å²) < 4.78 is 0. The van der Waals surface area contributed by atoms with Gasteiger partial charge < -0.3 is 21.1 Å². The summed E-state index contributed by atoms with van der Waals surface area (Å²) in [4.78, 5) is 24.4. The standard InChI is InChI=1S/C12H15N3O3/c1-7-11(16)14-5-6-15(7)9-4-2-3-8(10(9)13)12(17)18/h2-4,7H,5-6,13H2,1H3,(H,14,16)(H,17,18). The summed E-state index contributed by atoms with van der Waals surface area (Å²) in [5.74, 6) is -1.15. The SMILES string of the molecule is CC1C(=O)NCCN1c1cccc(C(=O)O)c1N. The van der Waals surface area contributed by atoms with E-state index < -0.39 is 5.97 Å². The number of para-hydroxylation sites is 1. The molecule has 0 aromatic heterocycles. The molecular formula is C12H15N3O3. The van der Waals surface area contributed by atoms with E-state index in [1.165, 1.54) is 6.07 Å². The highest BCUT2D eigenvalue weighted by molar-refractivity contribution is 5.98. The van der Waals surface area contributed by atoms with E-state index in [4.69, 9.17) is 10.8 Å². The summed E-state index contributed by atoms with van der Waals surface area (Å²) in [6.07, 6.45) is 0. The van der Waals surface area contributed by atoms with Crippen LogP contribution in [-0.2, 0) is 4.79 Å². The second-order valence-electron chi connectivity index (χ2n) is 4.20. The van der Waals surface area contributed by atoms with Gasteiger partial charge in [-0.15, -0.1) is 0 Å². The average molecular weight is 249 g/mol. The van der Waals surface area contributed by atoms with Gasteiger partial charge in [-0.1, -0.05) is 6.07 Å². The van der Waals surface area contributed by atoms with Crippen molar-refractivity contribution in [1.29, 1.82) is 0 Å². The number of piperazine rings is 1. The highest BCUT2D eigenvalue weighted by atomic mass is 16.4. The first kappa shape index (κ1) is 12.2. The van der Waals surface area contributed by atoms with Gasteiger partial charge in [0.25, 0.3) is 0 Å². The number of nitrogens with zero attached hydrogens (tertiary/aromatic N) is 1. The zero-order valence-corrected chi connectivity index (χ0v) is 10.0. The molecule has 1 aromatic carbocycles. The van der Waals surface area contributed by atoms with Crippen LogP contribution in [0.4, 0.5) is 11.4 Å². The molecule has 1 aliphatic rings. The van der Waals surface area contributed by atoms with Crippen LogP contribution < -0.4 is 16.0 Å². The van der Waals surface area contributed by atoms with Crippen LogP contribution in [0.3, 0.4) is 0 Å². The molecular weight excluding hydrogens is 234 g/mol. The lowest BCUT2D eigenvalue weighted by Gasteiger charge is -2.35. The predicted molar refractivity (Wildman–Crippen MR) is 67.6 cm³/mol. The second kappa shape index (κ2) is 4.56. The van der Waals surface area contributed by atoms with Crippen LogP contribution in [0.1, 0.15) is 17.3 Å². The molecule has 0 radical (unpaired) electrons. The molecule has 18 heavy (non-hydrogen) atoms. The van der Waals surface area contributed by atoms with Gasteiger partial charge in [0.1, 0.15) is 6.04 Å². The van der Waals surface area contributed by atoms with Gasteiger partial charge in [0, 0.05) is 13.1 Å². The molecule has 0 saturated carbocycles. The summed E-state index contributed by atoms with van der Waals surface area (Å²) in [7, 11) is 0. The first-order chi connectivity index (χ1) is 8.52. The minimum Gasteiger partial charge on any atom is -0.478 e. The van der Waals surface area contributed by atoms with Gasteiger partial charge >= 0.3 is 5.97 Å². The van der Waals surface area contributed by atoms with Crippen LogP contribution in [0.25, 0.3) is 0 Å². The molecule has 0 spiro atoms. The first-order valence-electron chi connectivity index (χ1n) is 5.68. The first-order valence-corrected chi connectivity index (χ1v) is 5.68. The van der Waals surface area contributed by atoms with Crippen molar-refractivity contribution in [2.45, 2.75) is 13.0 Å². The van der Waals surface area contributed by atoms with Crippen LogP contribution in [-0.4, -0.2) is 36.1 Å². The van der Waals surface area contributed by atoms with Gasteiger partial charge in [-0.3, -0.25) is 4.79 Å². The molecule has 6 heteroatoms. The lowest BCUT2D eigenvalue weighted by Crippen LogP contribution is -2.54. The smallest absolute Gasteiger partial charge is 0.337 e. The summed E-state index contributed by atoms with van der Waals surface area (Å²) in [5.41, 5.74) is 6.72. The van der Waals surface area contributed by atoms with Crippen molar-refractivity contribution in [3.8, 4) is 0 Å². The van der Waals surface area contributed by atoms with E-state index in [9.17, 15) is 9.59 Å². The summed E-state index contributed by atoms with van der Waals surface area (Å²) in [6, 6.07) is 4.46. The molecule has 0 aliphatic carbocycles. The topological polar surface area (TPSA) is 95.7 Å². The number of carboxylic acid groups (broad SMARTS) is 1. The van der Waals surface area contributed by atoms with Crippen molar-refractivity contribution in [3.63, 3.8) is 0 Å². The van der Waals surface area contributed by atoms with E-state index in [-0.39, 0.29) is 23.2 Å². The molecule has 1 atom stereocenters. The number of anilines is 2. The molecule has 0 bridgehead atoms. The largest absolute Gasteiger partial charge is 0.478 e. The van der Waals surface area contributed by atoms with Crippen molar-refractivity contribution in [1.82, 2.24) is 5.32 Å². The Balaban J connectivity index is 2.41. The molecule has 1 saturated heterocycles. The highest BCUT2D eigenvalue weighted by Crippen LogP contribution is 2.28. The number of carboxylic acids is 1. The quantitative estimate of drug-likeness (QED) is 0.655. The van der Waals surface area contributed by atoms with Crippen molar-refractivity contribution >= 4 is 23.3 Å².